The molecule has 1 atom stereocenters. The SMILES string of the molecule is COc1ccc(-c2nnc(S[C@H](C)C(N)=O)n2C(C)C)cc1. The van der Waals surface area contributed by atoms with E-state index in [4.69, 9.17) is 10.5 Å². The molecule has 0 bridgehead atoms. The van der Waals surface area contributed by atoms with Crippen LogP contribution in [0.5, 0.6) is 5.75 Å². The van der Waals surface area contributed by atoms with E-state index in [0.717, 1.165) is 17.1 Å². The van der Waals surface area contributed by atoms with Crippen molar-refractivity contribution in [2.24, 2.45) is 5.73 Å². The van der Waals surface area contributed by atoms with Crippen LogP contribution in [0.4, 0.5) is 0 Å². The maximum absolute atomic E-state index is 11.3. The molecule has 0 aliphatic rings. The average Bonchev–Trinajstić information content (AvgIpc) is 2.91. The lowest BCUT2D eigenvalue weighted by atomic mass is 10.2. The van der Waals surface area contributed by atoms with Crippen LogP contribution in [0.3, 0.4) is 0 Å². The number of thioether (sulfide) groups is 1. The number of amides is 1. The number of ether oxygens (including phenoxy) is 1. The largest absolute Gasteiger partial charge is 0.497 e. The molecule has 0 saturated carbocycles. The molecule has 0 saturated heterocycles. The monoisotopic (exact) mass is 320 g/mol. The quantitative estimate of drug-likeness (QED) is 0.827. The fourth-order valence-electron chi connectivity index (χ4n) is 1.98. The van der Waals surface area contributed by atoms with Gasteiger partial charge >= 0.3 is 0 Å². The van der Waals surface area contributed by atoms with E-state index in [0.29, 0.717) is 5.16 Å². The van der Waals surface area contributed by atoms with Crippen molar-refractivity contribution in [2.45, 2.75) is 37.2 Å². The Bertz CT molecular complexity index is 652. The van der Waals surface area contributed by atoms with Crippen LogP contribution in [0.15, 0.2) is 29.4 Å². The number of benzene rings is 1. The molecule has 0 unspecified atom stereocenters. The summed E-state index contributed by atoms with van der Waals surface area (Å²) in [5, 5.41) is 8.82. The molecule has 2 N–H and O–H groups in total. The minimum Gasteiger partial charge on any atom is -0.497 e. The maximum Gasteiger partial charge on any atom is 0.230 e. The summed E-state index contributed by atoms with van der Waals surface area (Å²) in [6.45, 7) is 5.87. The summed E-state index contributed by atoms with van der Waals surface area (Å²) in [5.41, 5.74) is 6.27. The van der Waals surface area contributed by atoms with E-state index in [1.165, 1.54) is 11.8 Å². The Kier molecular flexibility index (Phi) is 5.07. The first-order valence-electron chi connectivity index (χ1n) is 6.99. The van der Waals surface area contributed by atoms with Gasteiger partial charge < -0.3 is 10.5 Å². The highest BCUT2D eigenvalue weighted by atomic mass is 32.2. The van der Waals surface area contributed by atoms with Gasteiger partial charge in [-0.15, -0.1) is 10.2 Å². The number of hydrogen-bond acceptors (Lipinski definition) is 5. The van der Waals surface area contributed by atoms with E-state index >= 15 is 0 Å². The Morgan fingerprint density at radius 3 is 2.36 bits per heavy atom. The molecule has 1 aromatic heterocycles. The van der Waals surface area contributed by atoms with Crippen LogP contribution in [-0.4, -0.2) is 33.0 Å². The molecule has 118 valence electrons. The Morgan fingerprint density at radius 1 is 1.23 bits per heavy atom. The third kappa shape index (κ3) is 3.41. The first-order valence-corrected chi connectivity index (χ1v) is 7.87. The van der Waals surface area contributed by atoms with Crippen molar-refractivity contribution in [3.8, 4) is 17.1 Å². The van der Waals surface area contributed by atoms with Gasteiger partial charge in [0.15, 0.2) is 11.0 Å². The predicted octanol–water partition coefficient (Wildman–Crippen LogP) is 2.50. The molecule has 1 heterocycles. The van der Waals surface area contributed by atoms with Crippen LogP contribution >= 0.6 is 11.8 Å². The summed E-state index contributed by atoms with van der Waals surface area (Å²) >= 11 is 1.32. The molecule has 2 rings (SSSR count). The van der Waals surface area contributed by atoms with Gasteiger partial charge in [0.2, 0.25) is 5.91 Å². The third-order valence-corrected chi connectivity index (χ3v) is 4.29. The third-order valence-electron chi connectivity index (χ3n) is 3.21. The molecular formula is C15H20N4O2S. The number of aromatic nitrogens is 3. The molecule has 0 aliphatic carbocycles. The number of nitrogens with zero attached hydrogens (tertiary/aromatic N) is 3. The van der Waals surface area contributed by atoms with Gasteiger partial charge in [-0.25, -0.2) is 0 Å². The maximum atomic E-state index is 11.3. The molecule has 0 spiro atoms. The minimum atomic E-state index is -0.366. The smallest absolute Gasteiger partial charge is 0.230 e. The van der Waals surface area contributed by atoms with Gasteiger partial charge in [0.1, 0.15) is 5.75 Å². The van der Waals surface area contributed by atoms with Crippen molar-refractivity contribution in [1.82, 2.24) is 14.8 Å². The Morgan fingerprint density at radius 2 is 1.86 bits per heavy atom. The zero-order chi connectivity index (χ0) is 16.3. The van der Waals surface area contributed by atoms with E-state index in [1.54, 1.807) is 14.0 Å². The Hall–Kier alpha value is -2.02. The topological polar surface area (TPSA) is 83.0 Å². The number of nitrogens with two attached hydrogens (primary N) is 1. The fourth-order valence-corrected chi connectivity index (χ4v) is 2.91. The van der Waals surface area contributed by atoms with Crippen LogP contribution in [0.2, 0.25) is 0 Å². The van der Waals surface area contributed by atoms with Crippen LogP contribution < -0.4 is 10.5 Å². The van der Waals surface area contributed by atoms with Gasteiger partial charge in [-0.3, -0.25) is 9.36 Å². The second kappa shape index (κ2) is 6.83. The minimum absolute atomic E-state index is 0.162. The van der Waals surface area contributed by atoms with Gasteiger partial charge in [-0.1, -0.05) is 11.8 Å². The normalized spacial score (nSPS) is 12.4. The summed E-state index contributed by atoms with van der Waals surface area (Å²) in [5.74, 6) is 1.18. The second-order valence-electron chi connectivity index (χ2n) is 5.16. The zero-order valence-corrected chi connectivity index (χ0v) is 13.9. The van der Waals surface area contributed by atoms with Crippen LogP contribution in [0, 0.1) is 0 Å². The van der Waals surface area contributed by atoms with Gasteiger partial charge in [-0.2, -0.15) is 0 Å². The van der Waals surface area contributed by atoms with Crippen molar-refractivity contribution in [3.63, 3.8) is 0 Å². The zero-order valence-electron chi connectivity index (χ0n) is 13.1. The van der Waals surface area contributed by atoms with Gasteiger partial charge in [0.05, 0.1) is 12.4 Å². The van der Waals surface area contributed by atoms with E-state index in [9.17, 15) is 4.79 Å². The standard InChI is InChI=1S/C15H20N4O2S/c1-9(2)19-14(11-5-7-12(21-4)8-6-11)17-18-15(19)22-10(3)13(16)20/h5-10H,1-4H3,(H2,16,20)/t10-/m1/s1. The molecule has 0 fully saturated rings. The Labute approximate surface area is 134 Å². The van der Waals surface area contributed by atoms with Crippen LogP contribution in [-0.2, 0) is 4.79 Å². The lowest BCUT2D eigenvalue weighted by Crippen LogP contribution is -2.23. The molecule has 2 aromatic rings. The van der Waals surface area contributed by atoms with Crippen LogP contribution in [0.1, 0.15) is 26.8 Å². The molecule has 1 amide bonds. The Balaban J connectivity index is 2.39. The summed E-state index contributed by atoms with van der Waals surface area (Å²) < 4.78 is 7.17. The van der Waals surface area contributed by atoms with Crippen LogP contribution in [0.25, 0.3) is 11.4 Å². The molecule has 1 aromatic carbocycles. The number of methoxy groups -OCH3 is 1. The highest BCUT2D eigenvalue weighted by Gasteiger charge is 2.20. The molecule has 0 aliphatic heterocycles. The first kappa shape index (κ1) is 16.4. The summed E-state index contributed by atoms with van der Waals surface area (Å²) in [7, 11) is 1.63. The number of hydrogen-bond donors (Lipinski definition) is 1. The summed E-state index contributed by atoms with van der Waals surface area (Å²) in [6, 6.07) is 7.80. The van der Waals surface area contributed by atoms with Crippen molar-refractivity contribution >= 4 is 17.7 Å². The lowest BCUT2D eigenvalue weighted by molar-refractivity contribution is -0.117. The summed E-state index contributed by atoms with van der Waals surface area (Å²) in [4.78, 5) is 11.3. The van der Waals surface area contributed by atoms with Crippen molar-refractivity contribution in [3.05, 3.63) is 24.3 Å². The molecule has 6 nitrogen and oxygen atoms in total. The van der Waals surface area contributed by atoms with Crippen molar-refractivity contribution < 1.29 is 9.53 Å². The molecular weight excluding hydrogens is 300 g/mol. The van der Waals surface area contributed by atoms with Gasteiger partial charge in [0, 0.05) is 11.6 Å². The van der Waals surface area contributed by atoms with Crippen molar-refractivity contribution in [1.29, 1.82) is 0 Å². The fraction of sp³-hybridized carbons (Fsp3) is 0.400. The van der Waals surface area contributed by atoms with Gasteiger partial charge in [0.25, 0.3) is 0 Å². The highest BCUT2D eigenvalue weighted by molar-refractivity contribution is 8.00. The van der Waals surface area contributed by atoms with E-state index in [2.05, 4.69) is 24.0 Å². The lowest BCUT2D eigenvalue weighted by Gasteiger charge is -2.15. The van der Waals surface area contributed by atoms with Crippen molar-refractivity contribution in [2.75, 3.05) is 7.11 Å². The average molecular weight is 320 g/mol. The number of primary amides is 1. The van der Waals surface area contributed by atoms with E-state index in [1.807, 2.05) is 28.8 Å². The molecule has 0 radical (unpaired) electrons. The number of rotatable bonds is 6. The highest BCUT2D eigenvalue weighted by Crippen LogP contribution is 2.30. The van der Waals surface area contributed by atoms with E-state index < -0.39 is 0 Å². The number of carbonyl (C=O) groups excluding carboxylic acids is 1. The molecule has 22 heavy (non-hydrogen) atoms. The predicted molar refractivity (Wildman–Crippen MR) is 86.9 cm³/mol. The van der Waals surface area contributed by atoms with Gasteiger partial charge in [-0.05, 0) is 45.0 Å². The number of carbonyl (C=O) groups is 1. The first-order chi connectivity index (χ1) is 10.4. The second-order valence-corrected chi connectivity index (χ2v) is 6.47. The van der Waals surface area contributed by atoms with E-state index in [-0.39, 0.29) is 17.2 Å². The molecule has 7 heteroatoms. The summed E-state index contributed by atoms with van der Waals surface area (Å²) in [6.07, 6.45) is 0.